The first-order valence-electron chi connectivity index (χ1n) is 5.81. The van der Waals surface area contributed by atoms with E-state index in [4.69, 9.17) is 0 Å². The Morgan fingerprint density at radius 1 is 1.21 bits per heavy atom. The van der Waals surface area contributed by atoms with Gasteiger partial charge in [0.15, 0.2) is 0 Å². The van der Waals surface area contributed by atoms with E-state index in [9.17, 15) is 4.79 Å². The van der Waals surface area contributed by atoms with Crippen molar-refractivity contribution in [2.75, 3.05) is 11.6 Å². The fourth-order valence-electron chi connectivity index (χ4n) is 1.77. The van der Waals surface area contributed by atoms with Crippen molar-refractivity contribution in [2.24, 2.45) is 0 Å². The number of halogens is 1. The molecule has 1 N–H and O–H groups in total. The van der Waals surface area contributed by atoms with Crippen LogP contribution in [0.1, 0.15) is 15.9 Å². The smallest absolute Gasteiger partial charge is 0.255 e. The molecule has 2 nitrogen and oxygen atoms in total. The van der Waals surface area contributed by atoms with Gasteiger partial charge in [-0.2, -0.15) is 0 Å². The summed E-state index contributed by atoms with van der Waals surface area (Å²) in [7, 11) is 0. The Balaban J connectivity index is 2.20. The molecule has 0 aliphatic carbocycles. The summed E-state index contributed by atoms with van der Waals surface area (Å²) in [6, 6.07) is 13.5. The zero-order valence-electron chi connectivity index (χ0n) is 10.7. The second-order valence-corrected chi connectivity index (χ2v) is 6.00. The van der Waals surface area contributed by atoms with E-state index in [0.29, 0.717) is 5.56 Å². The van der Waals surface area contributed by atoms with Crippen LogP contribution in [0.4, 0.5) is 5.69 Å². The van der Waals surface area contributed by atoms with E-state index < -0.39 is 0 Å². The van der Waals surface area contributed by atoms with Crippen molar-refractivity contribution in [3.05, 3.63) is 58.1 Å². The number of hydrogen-bond donors (Lipinski definition) is 1. The molecule has 2 aromatic carbocycles. The van der Waals surface area contributed by atoms with Crippen molar-refractivity contribution in [3.63, 3.8) is 0 Å². The number of carbonyl (C=O) groups excluding carboxylic acids is 1. The van der Waals surface area contributed by atoms with Crippen LogP contribution in [-0.2, 0) is 0 Å². The highest BCUT2D eigenvalue weighted by Gasteiger charge is 2.07. The van der Waals surface area contributed by atoms with Crippen LogP contribution >= 0.6 is 27.7 Å². The average molecular weight is 336 g/mol. The molecule has 98 valence electrons. The lowest BCUT2D eigenvalue weighted by molar-refractivity contribution is 0.102. The van der Waals surface area contributed by atoms with Crippen LogP contribution in [0.3, 0.4) is 0 Å². The molecule has 4 heteroatoms. The van der Waals surface area contributed by atoms with Crippen molar-refractivity contribution in [2.45, 2.75) is 11.8 Å². The lowest BCUT2D eigenvalue weighted by atomic mass is 10.1. The summed E-state index contributed by atoms with van der Waals surface area (Å²) in [6.45, 7) is 1.97. The van der Waals surface area contributed by atoms with Crippen molar-refractivity contribution >= 4 is 39.3 Å². The first kappa shape index (κ1) is 14.2. The Morgan fingerprint density at radius 3 is 2.68 bits per heavy atom. The molecule has 0 aromatic heterocycles. The van der Waals surface area contributed by atoms with Crippen LogP contribution in [0.15, 0.2) is 51.8 Å². The number of benzene rings is 2. The van der Waals surface area contributed by atoms with Crippen molar-refractivity contribution in [3.8, 4) is 0 Å². The molecular weight excluding hydrogens is 322 g/mol. The Kier molecular flexibility index (Phi) is 4.66. The van der Waals surface area contributed by atoms with Gasteiger partial charge in [-0.25, -0.2) is 0 Å². The minimum absolute atomic E-state index is 0.0948. The van der Waals surface area contributed by atoms with E-state index in [0.717, 1.165) is 20.6 Å². The summed E-state index contributed by atoms with van der Waals surface area (Å²) in [5, 5.41) is 2.91. The number of hydrogen-bond acceptors (Lipinski definition) is 2. The van der Waals surface area contributed by atoms with Gasteiger partial charge in [0.05, 0.1) is 0 Å². The van der Waals surface area contributed by atoms with Gasteiger partial charge in [-0.05, 0) is 55.1 Å². The van der Waals surface area contributed by atoms with Crippen LogP contribution in [0.25, 0.3) is 0 Å². The molecule has 0 saturated carbocycles. The SMILES string of the molecule is CSc1cccc(NC(=O)c2cc(C)cc(Br)c2)c1. The molecular formula is C15H14BrNOS. The van der Waals surface area contributed by atoms with Crippen LogP contribution in [0.5, 0.6) is 0 Å². The van der Waals surface area contributed by atoms with Gasteiger partial charge in [-0.15, -0.1) is 11.8 Å². The van der Waals surface area contributed by atoms with E-state index in [1.165, 1.54) is 0 Å². The molecule has 0 unspecified atom stereocenters. The summed E-state index contributed by atoms with van der Waals surface area (Å²) in [5.41, 5.74) is 2.52. The molecule has 0 heterocycles. The molecule has 0 radical (unpaired) electrons. The molecule has 0 fully saturated rings. The number of rotatable bonds is 3. The van der Waals surface area contributed by atoms with Gasteiger partial charge in [0.25, 0.3) is 5.91 Å². The van der Waals surface area contributed by atoms with E-state index >= 15 is 0 Å². The highest BCUT2D eigenvalue weighted by molar-refractivity contribution is 9.10. The normalized spacial score (nSPS) is 10.3. The Bertz CT molecular complexity index is 593. The van der Waals surface area contributed by atoms with Crippen LogP contribution in [0.2, 0.25) is 0 Å². The summed E-state index contributed by atoms with van der Waals surface area (Å²) in [5.74, 6) is -0.0948. The predicted molar refractivity (Wildman–Crippen MR) is 85.1 cm³/mol. The zero-order valence-corrected chi connectivity index (χ0v) is 13.1. The molecule has 0 spiro atoms. The van der Waals surface area contributed by atoms with Crippen molar-refractivity contribution < 1.29 is 4.79 Å². The van der Waals surface area contributed by atoms with Gasteiger partial charge in [0, 0.05) is 20.6 Å². The third-order valence-corrected chi connectivity index (χ3v) is 3.82. The molecule has 19 heavy (non-hydrogen) atoms. The van der Waals surface area contributed by atoms with E-state index in [1.54, 1.807) is 11.8 Å². The van der Waals surface area contributed by atoms with Crippen LogP contribution < -0.4 is 5.32 Å². The standard InChI is InChI=1S/C15H14BrNOS/c1-10-6-11(8-12(16)7-10)15(18)17-13-4-3-5-14(9-13)19-2/h3-9H,1-2H3,(H,17,18). The number of thioether (sulfide) groups is 1. The van der Waals surface area contributed by atoms with Gasteiger partial charge < -0.3 is 5.32 Å². The quantitative estimate of drug-likeness (QED) is 0.821. The highest BCUT2D eigenvalue weighted by atomic mass is 79.9. The molecule has 2 rings (SSSR count). The highest BCUT2D eigenvalue weighted by Crippen LogP contribution is 2.20. The molecule has 0 saturated heterocycles. The summed E-state index contributed by atoms with van der Waals surface area (Å²) in [6.07, 6.45) is 2.01. The molecule has 1 amide bonds. The summed E-state index contributed by atoms with van der Waals surface area (Å²) >= 11 is 5.06. The topological polar surface area (TPSA) is 29.1 Å². The third-order valence-electron chi connectivity index (χ3n) is 2.63. The average Bonchev–Trinajstić information content (AvgIpc) is 2.37. The molecule has 0 bridgehead atoms. The first-order valence-corrected chi connectivity index (χ1v) is 7.83. The van der Waals surface area contributed by atoms with E-state index in [2.05, 4.69) is 21.2 Å². The van der Waals surface area contributed by atoms with E-state index in [1.807, 2.05) is 55.6 Å². The van der Waals surface area contributed by atoms with Gasteiger partial charge in [0.2, 0.25) is 0 Å². The van der Waals surface area contributed by atoms with Crippen LogP contribution in [-0.4, -0.2) is 12.2 Å². The summed E-state index contributed by atoms with van der Waals surface area (Å²) < 4.78 is 0.913. The lowest BCUT2D eigenvalue weighted by Gasteiger charge is -2.07. The fraction of sp³-hybridized carbons (Fsp3) is 0.133. The van der Waals surface area contributed by atoms with Gasteiger partial charge >= 0.3 is 0 Å². The second kappa shape index (κ2) is 6.26. The maximum absolute atomic E-state index is 12.2. The fourth-order valence-corrected chi connectivity index (χ4v) is 2.84. The number of anilines is 1. The largest absolute Gasteiger partial charge is 0.322 e. The zero-order chi connectivity index (χ0) is 13.8. The molecule has 0 atom stereocenters. The maximum atomic E-state index is 12.2. The minimum Gasteiger partial charge on any atom is -0.322 e. The van der Waals surface area contributed by atoms with Crippen molar-refractivity contribution in [1.29, 1.82) is 0 Å². The number of nitrogens with one attached hydrogen (secondary N) is 1. The number of aryl methyl sites for hydroxylation is 1. The number of amides is 1. The Morgan fingerprint density at radius 2 is 2.00 bits per heavy atom. The predicted octanol–water partition coefficient (Wildman–Crippen LogP) is 4.73. The first-order chi connectivity index (χ1) is 9.08. The summed E-state index contributed by atoms with van der Waals surface area (Å²) in [4.78, 5) is 13.3. The molecule has 0 aliphatic rings. The Hall–Kier alpha value is -1.26. The molecule has 0 aliphatic heterocycles. The minimum atomic E-state index is -0.0948. The van der Waals surface area contributed by atoms with E-state index in [-0.39, 0.29) is 5.91 Å². The van der Waals surface area contributed by atoms with Gasteiger partial charge in [-0.1, -0.05) is 22.0 Å². The van der Waals surface area contributed by atoms with Crippen LogP contribution in [0, 0.1) is 6.92 Å². The van der Waals surface area contributed by atoms with Gasteiger partial charge in [-0.3, -0.25) is 4.79 Å². The van der Waals surface area contributed by atoms with Crippen molar-refractivity contribution in [1.82, 2.24) is 0 Å². The maximum Gasteiger partial charge on any atom is 0.255 e. The molecule has 2 aromatic rings. The Labute approximate surface area is 125 Å². The second-order valence-electron chi connectivity index (χ2n) is 4.20. The monoisotopic (exact) mass is 335 g/mol. The van der Waals surface area contributed by atoms with Gasteiger partial charge in [0.1, 0.15) is 0 Å². The number of carbonyl (C=O) groups is 1. The third kappa shape index (κ3) is 3.85. The lowest BCUT2D eigenvalue weighted by Crippen LogP contribution is -2.12.